The van der Waals surface area contributed by atoms with E-state index in [0.29, 0.717) is 24.3 Å². The molecule has 0 saturated heterocycles. The smallest absolute Gasteiger partial charge is 0.338 e. The van der Waals surface area contributed by atoms with Crippen molar-refractivity contribution in [3.05, 3.63) is 131 Å². The normalized spacial score (nSPS) is 11.8. The molecule has 0 aliphatic rings. The monoisotopic (exact) mass is 558 g/mol. The van der Waals surface area contributed by atoms with Gasteiger partial charge in [-0.25, -0.2) is 4.79 Å². The molecule has 1 aromatic heterocycles. The third-order valence-corrected chi connectivity index (χ3v) is 7.77. The summed E-state index contributed by atoms with van der Waals surface area (Å²) in [4.78, 5) is 25.9. The molecule has 1 amide bonds. The molecule has 0 saturated carbocycles. The number of nitrogens with one attached hydrogen (secondary N) is 1. The van der Waals surface area contributed by atoms with Crippen molar-refractivity contribution in [3.8, 4) is 11.1 Å². The first kappa shape index (κ1) is 28.9. The molecule has 0 bridgehead atoms. The number of rotatable bonds is 11. The highest BCUT2D eigenvalue weighted by Crippen LogP contribution is 2.27. The summed E-state index contributed by atoms with van der Waals surface area (Å²) in [5.41, 5.74) is 7.57. The van der Waals surface area contributed by atoms with E-state index in [0.717, 1.165) is 58.1 Å². The van der Waals surface area contributed by atoms with E-state index < -0.39 is 0 Å². The maximum Gasteiger partial charge on any atom is 0.338 e. The summed E-state index contributed by atoms with van der Waals surface area (Å²) in [5.74, 6) is -0.348. The lowest BCUT2D eigenvalue weighted by molar-refractivity contribution is 0.0500. The van der Waals surface area contributed by atoms with Gasteiger partial charge >= 0.3 is 5.97 Å². The van der Waals surface area contributed by atoms with Crippen LogP contribution in [0.3, 0.4) is 0 Å². The quantitative estimate of drug-likeness (QED) is 0.131. The minimum absolute atomic E-state index is 0.0256. The molecule has 0 aliphatic carbocycles. The number of aryl methyl sites for hydroxylation is 1. The second-order valence-electron chi connectivity index (χ2n) is 10.7. The van der Waals surface area contributed by atoms with Gasteiger partial charge in [0.05, 0.1) is 18.2 Å². The number of ether oxygens (including phenoxy) is 1. The van der Waals surface area contributed by atoms with E-state index in [-0.39, 0.29) is 17.9 Å². The minimum atomic E-state index is -0.282. The Morgan fingerprint density at radius 3 is 2.33 bits per heavy atom. The maximum absolute atomic E-state index is 13.1. The zero-order valence-corrected chi connectivity index (χ0v) is 24.6. The summed E-state index contributed by atoms with van der Waals surface area (Å²) in [7, 11) is 0. The van der Waals surface area contributed by atoms with Crippen molar-refractivity contribution in [2.45, 2.75) is 52.6 Å². The highest BCUT2D eigenvalue weighted by molar-refractivity contribution is 5.99. The maximum atomic E-state index is 13.1. The zero-order valence-electron chi connectivity index (χ0n) is 24.6. The van der Waals surface area contributed by atoms with E-state index in [1.165, 1.54) is 0 Å². The number of aromatic nitrogens is 1. The lowest BCUT2D eigenvalue weighted by Crippen LogP contribution is -2.28. The fourth-order valence-electron chi connectivity index (χ4n) is 5.38. The fraction of sp³-hybridized carbons (Fsp3) is 0.243. The van der Waals surface area contributed by atoms with Crippen LogP contribution in [0, 0.1) is 6.92 Å². The fourth-order valence-corrected chi connectivity index (χ4v) is 5.38. The van der Waals surface area contributed by atoms with Crippen molar-refractivity contribution < 1.29 is 14.3 Å². The number of carbonyl (C=O) groups is 2. The molecule has 0 spiro atoms. The summed E-state index contributed by atoms with van der Waals surface area (Å²) in [6.45, 7) is 7.39. The average molecular weight is 559 g/mol. The van der Waals surface area contributed by atoms with Crippen LogP contribution in [-0.4, -0.2) is 23.1 Å². The van der Waals surface area contributed by atoms with Crippen LogP contribution in [0.15, 0.2) is 103 Å². The number of hydrogen-bond donors (Lipinski definition) is 1. The number of benzene rings is 4. The Morgan fingerprint density at radius 2 is 1.60 bits per heavy atom. The largest absolute Gasteiger partial charge is 0.462 e. The number of carbonyl (C=O) groups excluding carboxylic acids is 2. The van der Waals surface area contributed by atoms with Gasteiger partial charge in [0.1, 0.15) is 0 Å². The van der Waals surface area contributed by atoms with Crippen molar-refractivity contribution in [2.75, 3.05) is 6.61 Å². The second-order valence-corrected chi connectivity index (χ2v) is 10.7. The van der Waals surface area contributed by atoms with E-state index in [9.17, 15) is 9.59 Å². The van der Waals surface area contributed by atoms with Crippen LogP contribution < -0.4 is 5.32 Å². The summed E-state index contributed by atoms with van der Waals surface area (Å²) < 4.78 is 7.75. The van der Waals surface area contributed by atoms with Gasteiger partial charge in [0.2, 0.25) is 0 Å². The molecule has 4 aromatic carbocycles. The van der Waals surface area contributed by atoms with Crippen molar-refractivity contribution in [1.82, 2.24) is 9.88 Å². The summed E-state index contributed by atoms with van der Waals surface area (Å²) in [5, 5.41) is 4.23. The molecule has 1 heterocycles. The summed E-state index contributed by atoms with van der Waals surface area (Å²) in [6.07, 6.45) is 2.66. The Kier molecular flexibility index (Phi) is 9.18. The highest BCUT2D eigenvalue weighted by atomic mass is 16.5. The zero-order chi connectivity index (χ0) is 29.5. The number of hydrogen-bond acceptors (Lipinski definition) is 3. The predicted octanol–water partition coefficient (Wildman–Crippen LogP) is 8.50. The van der Waals surface area contributed by atoms with Crippen LogP contribution in [0.25, 0.3) is 22.0 Å². The van der Waals surface area contributed by atoms with E-state index in [1.807, 2.05) is 60.7 Å². The summed E-state index contributed by atoms with van der Waals surface area (Å²) >= 11 is 0. The van der Waals surface area contributed by atoms with Gasteiger partial charge in [0.15, 0.2) is 0 Å². The van der Waals surface area contributed by atoms with Crippen LogP contribution in [0.1, 0.15) is 76.7 Å². The van der Waals surface area contributed by atoms with Crippen LogP contribution in [0.2, 0.25) is 0 Å². The SMILES string of the molecule is CCCCOC(=O)c1ccccc1-c1ccc(Cn2c(C)cc3cc(C(=O)NC(CC)c4ccccc4)ccc32)cc1. The Bertz CT molecular complexity index is 1670. The van der Waals surface area contributed by atoms with Crippen molar-refractivity contribution in [2.24, 2.45) is 0 Å². The molecule has 1 unspecified atom stereocenters. The molecule has 5 aromatic rings. The van der Waals surface area contributed by atoms with Crippen LogP contribution in [0.5, 0.6) is 0 Å². The van der Waals surface area contributed by atoms with Gasteiger partial charge in [-0.2, -0.15) is 0 Å². The number of unbranched alkanes of at least 4 members (excludes halogenated alkanes) is 1. The molecule has 42 heavy (non-hydrogen) atoms. The molecule has 1 atom stereocenters. The Hall–Kier alpha value is -4.64. The van der Waals surface area contributed by atoms with Gasteiger partial charge in [0.25, 0.3) is 5.91 Å². The molecule has 5 nitrogen and oxygen atoms in total. The van der Waals surface area contributed by atoms with Gasteiger partial charge in [-0.3, -0.25) is 4.79 Å². The highest BCUT2D eigenvalue weighted by Gasteiger charge is 2.17. The molecule has 0 aliphatic heterocycles. The van der Waals surface area contributed by atoms with Crippen LogP contribution in [0.4, 0.5) is 0 Å². The first-order chi connectivity index (χ1) is 20.5. The van der Waals surface area contributed by atoms with E-state index in [4.69, 9.17) is 4.74 Å². The molecule has 5 rings (SSSR count). The number of fused-ring (bicyclic) bond motifs is 1. The number of nitrogens with zero attached hydrogens (tertiary/aromatic N) is 1. The standard InChI is InChI=1S/C37H38N2O3/c1-4-6-22-42-37(41)33-15-11-10-14-32(33)28-18-16-27(17-19-28)25-39-26(3)23-31-24-30(20-21-35(31)39)36(40)38-34(5-2)29-12-8-7-9-13-29/h7-21,23-24,34H,4-6,22,25H2,1-3H3,(H,38,40). The number of esters is 1. The third kappa shape index (κ3) is 6.46. The molecule has 0 fully saturated rings. The van der Waals surface area contributed by atoms with Gasteiger partial charge < -0.3 is 14.6 Å². The Balaban J connectivity index is 1.32. The average Bonchev–Trinajstić information content (AvgIpc) is 3.34. The Labute approximate surface area is 248 Å². The van der Waals surface area contributed by atoms with Gasteiger partial charge in [0, 0.05) is 28.7 Å². The molecular weight excluding hydrogens is 520 g/mol. The van der Waals surface area contributed by atoms with Crippen LogP contribution >= 0.6 is 0 Å². The molecule has 214 valence electrons. The lowest BCUT2D eigenvalue weighted by atomic mass is 9.98. The van der Waals surface area contributed by atoms with Gasteiger partial charge in [-0.05, 0) is 72.4 Å². The summed E-state index contributed by atoms with van der Waals surface area (Å²) in [6, 6.07) is 34.1. The van der Waals surface area contributed by atoms with Crippen molar-refractivity contribution in [1.29, 1.82) is 0 Å². The third-order valence-electron chi connectivity index (χ3n) is 7.77. The molecule has 5 heteroatoms. The topological polar surface area (TPSA) is 60.3 Å². The van der Waals surface area contributed by atoms with Gasteiger partial charge in [-0.1, -0.05) is 93.1 Å². The lowest BCUT2D eigenvalue weighted by Gasteiger charge is -2.17. The second kappa shape index (κ2) is 13.3. The van der Waals surface area contributed by atoms with Crippen LogP contribution in [-0.2, 0) is 11.3 Å². The molecular formula is C37H38N2O3. The van der Waals surface area contributed by atoms with E-state index in [2.05, 4.69) is 73.1 Å². The molecule has 1 N–H and O–H groups in total. The van der Waals surface area contributed by atoms with Gasteiger partial charge in [-0.15, -0.1) is 0 Å². The molecule has 0 radical (unpaired) electrons. The van der Waals surface area contributed by atoms with E-state index in [1.54, 1.807) is 0 Å². The Morgan fingerprint density at radius 1 is 0.857 bits per heavy atom. The first-order valence-electron chi connectivity index (χ1n) is 14.8. The number of amides is 1. The predicted molar refractivity (Wildman–Crippen MR) is 170 cm³/mol. The first-order valence-corrected chi connectivity index (χ1v) is 14.8. The van der Waals surface area contributed by atoms with Crippen molar-refractivity contribution >= 4 is 22.8 Å². The minimum Gasteiger partial charge on any atom is -0.462 e. The van der Waals surface area contributed by atoms with E-state index >= 15 is 0 Å². The van der Waals surface area contributed by atoms with Crippen molar-refractivity contribution in [3.63, 3.8) is 0 Å².